The summed E-state index contributed by atoms with van der Waals surface area (Å²) in [6, 6.07) is 18.6. The number of rotatable bonds is 3. The fourth-order valence-electron chi connectivity index (χ4n) is 3.09. The summed E-state index contributed by atoms with van der Waals surface area (Å²) in [5.74, 6) is 0.0474. The monoisotopic (exact) mass is 319 g/mol. The first-order valence-corrected chi connectivity index (χ1v) is 8.72. The third kappa shape index (κ3) is 2.68. The number of amides is 1. The summed E-state index contributed by atoms with van der Waals surface area (Å²) in [6.07, 6.45) is 5.05. The van der Waals surface area contributed by atoms with Crippen molar-refractivity contribution in [1.82, 2.24) is 0 Å². The fraction of sp³-hybridized carbons (Fsp3) is 0.150. The normalized spacial score (nSPS) is 14.0. The van der Waals surface area contributed by atoms with Crippen LogP contribution in [0.5, 0.6) is 0 Å². The number of allylic oxidation sites excluding steroid dienone is 1. The van der Waals surface area contributed by atoms with Gasteiger partial charge >= 0.3 is 0 Å². The van der Waals surface area contributed by atoms with E-state index in [2.05, 4.69) is 35.7 Å². The van der Waals surface area contributed by atoms with E-state index in [1.54, 1.807) is 11.3 Å². The number of thiophene rings is 1. The van der Waals surface area contributed by atoms with Gasteiger partial charge in [0, 0.05) is 21.2 Å². The topological polar surface area (TPSA) is 29.1 Å². The summed E-state index contributed by atoms with van der Waals surface area (Å²) < 4.78 is 1.20. The Bertz CT molecular complexity index is 892. The van der Waals surface area contributed by atoms with E-state index in [0.29, 0.717) is 0 Å². The highest BCUT2D eigenvalue weighted by molar-refractivity contribution is 7.23. The maximum Gasteiger partial charge on any atom is 0.251 e. The first kappa shape index (κ1) is 14.2. The van der Waals surface area contributed by atoms with Crippen LogP contribution in [-0.4, -0.2) is 5.91 Å². The van der Waals surface area contributed by atoms with Gasteiger partial charge < -0.3 is 5.32 Å². The van der Waals surface area contributed by atoms with E-state index in [0.717, 1.165) is 41.0 Å². The Morgan fingerprint density at radius 3 is 2.57 bits per heavy atom. The maximum absolute atomic E-state index is 12.5. The minimum Gasteiger partial charge on any atom is -0.313 e. The molecule has 114 valence electrons. The second-order valence-electron chi connectivity index (χ2n) is 5.74. The third-order valence-corrected chi connectivity index (χ3v) is 5.30. The van der Waals surface area contributed by atoms with E-state index >= 15 is 0 Å². The zero-order chi connectivity index (χ0) is 15.6. The Labute approximate surface area is 139 Å². The van der Waals surface area contributed by atoms with Gasteiger partial charge in [-0.05, 0) is 30.9 Å². The van der Waals surface area contributed by atoms with Gasteiger partial charge in [-0.15, -0.1) is 11.3 Å². The first-order chi connectivity index (χ1) is 11.3. The smallest absolute Gasteiger partial charge is 0.251 e. The van der Waals surface area contributed by atoms with Gasteiger partial charge in [-0.1, -0.05) is 54.6 Å². The molecule has 2 nitrogen and oxygen atoms in total. The lowest BCUT2D eigenvalue weighted by molar-refractivity contribution is -0.112. The van der Waals surface area contributed by atoms with Crippen LogP contribution in [0.2, 0.25) is 0 Å². The third-order valence-electron chi connectivity index (χ3n) is 4.22. The number of hydrogen-bond acceptors (Lipinski definition) is 2. The number of fused-ring (bicyclic) bond motifs is 1. The van der Waals surface area contributed by atoms with Gasteiger partial charge in [-0.3, -0.25) is 4.79 Å². The molecule has 3 heteroatoms. The molecule has 0 saturated heterocycles. The van der Waals surface area contributed by atoms with Gasteiger partial charge in [0.2, 0.25) is 0 Å². The maximum atomic E-state index is 12.5. The van der Waals surface area contributed by atoms with Crippen LogP contribution < -0.4 is 5.32 Å². The summed E-state index contributed by atoms with van der Waals surface area (Å²) in [5.41, 5.74) is 3.18. The van der Waals surface area contributed by atoms with E-state index in [9.17, 15) is 4.79 Å². The van der Waals surface area contributed by atoms with Gasteiger partial charge in [0.15, 0.2) is 0 Å². The van der Waals surface area contributed by atoms with E-state index < -0.39 is 0 Å². The molecule has 1 aliphatic rings. The fourth-order valence-corrected chi connectivity index (χ4v) is 4.21. The number of carbonyl (C=O) groups is 1. The Kier molecular flexibility index (Phi) is 3.72. The average Bonchev–Trinajstić information content (AvgIpc) is 3.23. The number of benzene rings is 2. The molecule has 0 saturated carbocycles. The highest BCUT2D eigenvalue weighted by atomic mass is 32.1. The highest BCUT2D eigenvalue weighted by Gasteiger charge is 2.18. The Morgan fingerprint density at radius 1 is 1.00 bits per heavy atom. The van der Waals surface area contributed by atoms with Crippen LogP contribution >= 0.6 is 11.3 Å². The van der Waals surface area contributed by atoms with Crippen molar-refractivity contribution in [3.05, 3.63) is 66.2 Å². The minimum absolute atomic E-state index is 0.0474. The second-order valence-corrected chi connectivity index (χ2v) is 6.80. The zero-order valence-corrected chi connectivity index (χ0v) is 13.5. The van der Waals surface area contributed by atoms with Crippen LogP contribution in [0, 0.1) is 0 Å². The van der Waals surface area contributed by atoms with Crippen LogP contribution in [0.1, 0.15) is 19.3 Å². The lowest BCUT2D eigenvalue weighted by atomic mass is 10.0. The minimum atomic E-state index is 0.0474. The van der Waals surface area contributed by atoms with E-state index in [1.165, 1.54) is 10.1 Å². The number of nitrogens with one attached hydrogen (secondary N) is 1. The van der Waals surface area contributed by atoms with Gasteiger partial charge in [-0.2, -0.15) is 0 Å². The Hall–Kier alpha value is -2.39. The molecular weight excluding hydrogens is 302 g/mol. The molecular formula is C20H17NOS. The molecule has 1 aromatic heterocycles. The Morgan fingerprint density at radius 2 is 1.78 bits per heavy atom. The van der Waals surface area contributed by atoms with E-state index in [4.69, 9.17) is 0 Å². The highest BCUT2D eigenvalue weighted by Crippen LogP contribution is 2.42. The molecule has 0 spiro atoms. The van der Waals surface area contributed by atoms with Gasteiger partial charge in [0.05, 0.1) is 0 Å². The molecule has 4 rings (SSSR count). The SMILES string of the molecule is O=C(Nc1sc2ccccc2c1-c1ccccc1)C1=CCCC1. The molecule has 2 aromatic carbocycles. The van der Waals surface area contributed by atoms with Crippen molar-refractivity contribution in [3.63, 3.8) is 0 Å². The molecule has 0 atom stereocenters. The van der Waals surface area contributed by atoms with Crippen molar-refractivity contribution in [2.45, 2.75) is 19.3 Å². The first-order valence-electron chi connectivity index (χ1n) is 7.90. The van der Waals surface area contributed by atoms with Crippen molar-refractivity contribution >= 4 is 32.3 Å². The van der Waals surface area contributed by atoms with E-state index in [-0.39, 0.29) is 5.91 Å². The summed E-state index contributed by atoms with van der Waals surface area (Å²) >= 11 is 1.65. The van der Waals surface area contributed by atoms with Crippen molar-refractivity contribution < 1.29 is 4.79 Å². The van der Waals surface area contributed by atoms with Crippen LogP contribution in [0.25, 0.3) is 21.2 Å². The standard InChI is InChI=1S/C20H17NOS/c22-19(15-10-4-5-11-15)21-20-18(14-8-2-1-3-9-14)16-12-6-7-13-17(16)23-20/h1-3,6-10,12-13H,4-5,11H2,(H,21,22). The summed E-state index contributed by atoms with van der Waals surface area (Å²) in [6.45, 7) is 0. The van der Waals surface area contributed by atoms with Crippen LogP contribution in [0.3, 0.4) is 0 Å². The summed E-state index contributed by atoms with van der Waals surface area (Å²) in [4.78, 5) is 12.5. The molecule has 0 aliphatic heterocycles. The van der Waals surface area contributed by atoms with Crippen molar-refractivity contribution in [3.8, 4) is 11.1 Å². The molecule has 1 heterocycles. The van der Waals surface area contributed by atoms with Crippen molar-refractivity contribution in [2.24, 2.45) is 0 Å². The molecule has 3 aromatic rings. The average molecular weight is 319 g/mol. The zero-order valence-electron chi connectivity index (χ0n) is 12.7. The summed E-state index contributed by atoms with van der Waals surface area (Å²) in [7, 11) is 0. The lowest BCUT2D eigenvalue weighted by Crippen LogP contribution is -2.12. The Balaban J connectivity index is 1.81. The predicted molar refractivity (Wildman–Crippen MR) is 97.8 cm³/mol. The molecule has 0 unspecified atom stereocenters. The number of carbonyl (C=O) groups excluding carboxylic acids is 1. The van der Waals surface area contributed by atoms with Gasteiger partial charge in [0.1, 0.15) is 5.00 Å². The molecule has 1 aliphatic carbocycles. The van der Waals surface area contributed by atoms with Crippen LogP contribution in [0.15, 0.2) is 66.2 Å². The van der Waals surface area contributed by atoms with Crippen LogP contribution in [-0.2, 0) is 4.79 Å². The van der Waals surface area contributed by atoms with Crippen LogP contribution in [0.4, 0.5) is 5.00 Å². The van der Waals surface area contributed by atoms with E-state index in [1.807, 2.05) is 30.3 Å². The van der Waals surface area contributed by atoms with Gasteiger partial charge in [-0.25, -0.2) is 0 Å². The quantitative estimate of drug-likeness (QED) is 0.667. The molecule has 1 N–H and O–H groups in total. The molecule has 1 amide bonds. The number of anilines is 1. The lowest BCUT2D eigenvalue weighted by Gasteiger charge is -2.08. The molecule has 0 fully saturated rings. The molecule has 0 bridgehead atoms. The second kappa shape index (κ2) is 6.01. The van der Waals surface area contributed by atoms with Crippen molar-refractivity contribution in [1.29, 1.82) is 0 Å². The van der Waals surface area contributed by atoms with Crippen molar-refractivity contribution in [2.75, 3.05) is 5.32 Å². The predicted octanol–water partition coefficient (Wildman–Crippen LogP) is 5.62. The van der Waals surface area contributed by atoms with Gasteiger partial charge in [0.25, 0.3) is 5.91 Å². The number of hydrogen-bond donors (Lipinski definition) is 1. The summed E-state index contributed by atoms with van der Waals surface area (Å²) in [5, 5.41) is 5.29. The molecule has 0 radical (unpaired) electrons. The largest absolute Gasteiger partial charge is 0.313 e. The molecule has 23 heavy (non-hydrogen) atoms.